The van der Waals surface area contributed by atoms with E-state index < -0.39 is 5.97 Å². The molecule has 0 heterocycles. The lowest BCUT2D eigenvalue weighted by molar-refractivity contribution is 0.0693. The number of benzene rings is 1. The first-order valence-electron chi connectivity index (χ1n) is 7.19. The summed E-state index contributed by atoms with van der Waals surface area (Å²) >= 11 is 0. The standard InChI is InChI=1S/C16H22FNO2/c1-11-3-6-14(7-4-11)18(2)10-12-9-13(17)5-8-15(12)16(19)20/h5,8-9,11,14H,3-4,6-7,10H2,1-2H3,(H,19,20). The molecule has 0 amide bonds. The van der Waals surface area contributed by atoms with Gasteiger partial charge in [-0.2, -0.15) is 0 Å². The minimum Gasteiger partial charge on any atom is -0.478 e. The Labute approximate surface area is 119 Å². The molecule has 0 radical (unpaired) electrons. The fourth-order valence-corrected chi connectivity index (χ4v) is 2.98. The molecule has 1 N–H and O–H groups in total. The molecule has 0 bridgehead atoms. The summed E-state index contributed by atoms with van der Waals surface area (Å²) in [7, 11) is 2.00. The van der Waals surface area contributed by atoms with Crippen LogP contribution in [0.25, 0.3) is 0 Å². The van der Waals surface area contributed by atoms with E-state index in [2.05, 4.69) is 11.8 Å². The van der Waals surface area contributed by atoms with Crippen LogP contribution in [0.1, 0.15) is 48.5 Å². The fraction of sp³-hybridized carbons (Fsp3) is 0.562. The Morgan fingerprint density at radius 1 is 1.35 bits per heavy atom. The minimum absolute atomic E-state index is 0.197. The van der Waals surface area contributed by atoms with Crippen LogP contribution in [0.4, 0.5) is 4.39 Å². The predicted octanol–water partition coefficient (Wildman–Crippen LogP) is 3.53. The highest BCUT2D eigenvalue weighted by atomic mass is 19.1. The molecule has 1 saturated carbocycles. The summed E-state index contributed by atoms with van der Waals surface area (Å²) in [5.41, 5.74) is 0.751. The maximum Gasteiger partial charge on any atom is 0.336 e. The largest absolute Gasteiger partial charge is 0.478 e. The number of rotatable bonds is 4. The van der Waals surface area contributed by atoms with Gasteiger partial charge in [0, 0.05) is 12.6 Å². The van der Waals surface area contributed by atoms with Crippen LogP contribution < -0.4 is 0 Å². The first-order chi connectivity index (χ1) is 9.47. The van der Waals surface area contributed by atoms with Crippen LogP contribution in [0.3, 0.4) is 0 Å². The van der Waals surface area contributed by atoms with Gasteiger partial charge in [0.15, 0.2) is 0 Å². The fourth-order valence-electron chi connectivity index (χ4n) is 2.98. The van der Waals surface area contributed by atoms with E-state index in [1.165, 1.54) is 31.0 Å². The van der Waals surface area contributed by atoms with Crippen molar-refractivity contribution in [2.45, 2.75) is 45.2 Å². The van der Waals surface area contributed by atoms with Crippen LogP contribution in [0.15, 0.2) is 18.2 Å². The van der Waals surface area contributed by atoms with Crippen molar-refractivity contribution in [2.75, 3.05) is 7.05 Å². The zero-order valence-corrected chi connectivity index (χ0v) is 12.1. The van der Waals surface area contributed by atoms with Gasteiger partial charge in [-0.05, 0) is 62.4 Å². The van der Waals surface area contributed by atoms with Gasteiger partial charge in [0.1, 0.15) is 5.82 Å². The lowest BCUT2D eigenvalue weighted by Gasteiger charge is -2.33. The smallest absolute Gasteiger partial charge is 0.336 e. The number of hydrogen-bond acceptors (Lipinski definition) is 2. The van der Waals surface area contributed by atoms with E-state index in [1.54, 1.807) is 0 Å². The topological polar surface area (TPSA) is 40.5 Å². The van der Waals surface area contributed by atoms with Crippen molar-refractivity contribution >= 4 is 5.97 Å². The molecule has 1 aromatic rings. The molecular formula is C16H22FNO2. The SMILES string of the molecule is CC1CCC(N(C)Cc2cc(F)ccc2C(=O)O)CC1. The Bertz CT molecular complexity index is 481. The second-order valence-electron chi connectivity index (χ2n) is 5.94. The maximum absolute atomic E-state index is 13.3. The predicted molar refractivity (Wildman–Crippen MR) is 76.2 cm³/mol. The van der Waals surface area contributed by atoms with Crippen molar-refractivity contribution in [1.82, 2.24) is 4.90 Å². The summed E-state index contributed by atoms with van der Waals surface area (Å²) < 4.78 is 13.3. The molecule has 0 atom stereocenters. The second kappa shape index (κ2) is 6.35. The minimum atomic E-state index is -0.995. The van der Waals surface area contributed by atoms with Crippen molar-refractivity contribution in [3.05, 3.63) is 35.1 Å². The zero-order chi connectivity index (χ0) is 14.7. The molecule has 3 nitrogen and oxygen atoms in total. The van der Waals surface area contributed by atoms with Crippen molar-refractivity contribution in [1.29, 1.82) is 0 Å². The lowest BCUT2D eigenvalue weighted by Crippen LogP contribution is -2.34. The third-order valence-corrected chi connectivity index (χ3v) is 4.33. The number of carbonyl (C=O) groups is 1. The summed E-state index contributed by atoms with van der Waals surface area (Å²) in [5.74, 6) is -0.593. The summed E-state index contributed by atoms with van der Waals surface area (Å²) in [6.07, 6.45) is 4.69. The van der Waals surface area contributed by atoms with Gasteiger partial charge in [-0.3, -0.25) is 4.90 Å². The number of aromatic carboxylic acids is 1. The molecule has 2 rings (SSSR count). The van der Waals surface area contributed by atoms with Gasteiger partial charge >= 0.3 is 5.97 Å². The molecule has 1 aliphatic rings. The van der Waals surface area contributed by atoms with E-state index in [0.29, 0.717) is 18.2 Å². The quantitative estimate of drug-likeness (QED) is 0.916. The van der Waals surface area contributed by atoms with Crippen LogP contribution in [0.2, 0.25) is 0 Å². The Morgan fingerprint density at radius 3 is 2.60 bits per heavy atom. The number of hydrogen-bond donors (Lipinski definition) is 1. The summed E-state index contributed by atoms with van der Waals surface area (Å²) in [5, 5.41) is 9.17. The van der Waals surface area contributed by atoms with Gasteiger partial charge in [0.2, 0.25) is 0 Å². The van der Waals surface area contributed by atoms with Gasteiger partial charge < -0.3 is 5.11 Å². The highest BCUT2D eigenvalue weighted by Gasteiger charge is 2.23. The highest BCUT2D eigenvalue weighted by molar-refractivity contribution is 5.89. The first kappa shape index (κ1) is 15.0. The molecule has 1 aromatic carbocycles. The van der Waals surface area contributed by atoms with Crippen molar-refractivity contribution in [3.8, 4) is 0 Å². The van der Waals surface area contributed by atoms with Crippen LogP contribution in [0.5, 0.6) is 0 Å². The Hall–Kier alpha value is -1.42. The summed E-state index contributed by atoms with van der Waals surface area (Å²) in [6.45, 7) is 2.75. The van der Waals surface area contributed by atoms with E-state index in [9.17, 15) is 14.3 Å². The van der Waals surface area contributed by atoms with Gasteiger partial charge in [-0.1, -0.05) is 6.92 Å². The molecule has 4 heteroatoms. The van der Waals surface area contributed by atoms with Crippen molar-refractivity contribution in [2.24, 2.45) is 5.92 Å². The molecule has 0 aliphatic heterocycles. The third kappa shape index (κ3) is 3.57. The summed E-state index contributed by atoms with van der Waals surface area (Å²) in [4.78, 5) is 13.4. The molecule has 20 heavy (non-hydrogen) atoms. The van der Waals surface area contributed by atoms with Gasteiger partial charge in [0.25, 0.3) is 0 Å². The normalized spacial score (nSPS) is 23.0. The van der Waals surface area contributed by atoms with E-state index in [1.807, 2.05) is 7.05 Å². The number of carboxylic acid groups (broad SMARTS) is 1. The van der Waals surface area contributed by atoms with Crippen LogP contribution in [-0.2, 0) is 6.54 Å². The molecule has 110 valence electrons. The first-order valence-corrected chi connectivity index (χ1v) is 7.19. The molecular weight excluding hydrogens is 257 g/mol. The van der Waals surface area contributed by atoms with E-state index in [0.717, 1.165) is 18.8 Å². The highest BCUT2D eigenvalue weighted by Crippen LogP contribution is 2.27. The number of halogens is 1. The van der Waals surface area contributed by atoms with Crippen molar-refractivity contribution in [3.63, 3.8) is 0 Å². The Balaban J connectivity index is 2.09. The number of nitrogens with zero attached hydrogens (tertiary/aromatic N) is 1. The second-order valence-corrected chi connectivity index (χ2v) is 5.94. The van der Waals surface area contributed by atoms with E-state index in [-0.39, 0.29) is 11.4 Å². The average Bonchev–Trinajstić information content (AvgIpc) is 2.39. The lowest BCUT2D eigenvalue weighted by atomic mass is 9.86. The summed E-state index contributed by atoms with van der Waals surface area (Å²) in [6, 6.07) is 4.36. The van der Waals surface area contributed by atoms with Crippen molar-refractivity contribution < 1.29 is 14.3 Å². The molecule has 0 unspecified atom stereocenters. The zero-order valence-electron chi connectivity index (χ0n) is 12.1. The van der Waals surface area contributed by atoms with Gasteiger partial charge in [0.05, 0.1) is 5.56 Å². The van der Waals surface area contributed by atoms with Crippen LogP contribution in [0, 0.1) is 11.7 Å². The molecule has 1 aliphatic carbocycles. The monoisotopic (exact) mass is 279 g/mol. The maximum atomic E-state index is 13.3. The molecule has 0 spiro atoms. The number of carboxylic acids is 1. The van der Waals surface area contributed by atoms with E-state index in [4.69, 9.17) is 0 Å². The Kier molecular flexibility index (Phi) is 4.76. The average molecular weight is 279 g/mol. The third-order valence-electron chi connectivity index (χ3n) is 4.33. The Morgan fingerprint density at radius 2 is 2.00 bits per heavy atom. The van der Waals surface area contributed by atoms with Crippen LogP contribution >= 0.6 is 0 Å². The molecule has 0 saturated heterocycles. The molecule has 1 fully saturated rings. The van der Waals surface area contributed by atoms with Gasteiger partial charge in [-0.15, -0.1) is 0 Å². The van der Waals surface area contributed by atoms with Crippen LogP contribution in [-0.4, -0.2) is 29.1 Å². The molecule has 0 aromatic heterocycles. The van der Waals surface area contributed by atoms with E-state index >= 15 is 0 Å². The van der Waals surface area contributed by atoms with Gasteiger partial charge in [-0.25, -0.2) is 9.18 Å².